The smallest absolute Gasteiger partial charge is 0.325 e. The molecule has 2 aromatic carbocycles. The van der Waals surface area contributed by atoms with Crippen molar-refractivity contribution in [3.63, 3.8) is 0 Å². The highest BCUT2D eigenvalue weighted by Gasteiger charge is 2.38. The van der Waals surface area contributed by atoms with E-state index in [1.807, 2.05) is 54.6 Å². The highest BCUT2D eigenvalue weighted by molar-refractivity contribution is 6.07. The third kappa shape index (κ3) is 4.73. The Hall–Kier alpha value is -3.15. The molecular weight excluding hydrogens is 342 g/mol. The van der Waals surface area contributed by atoms with Crippen LogP contribution >= 0.6 is 0 Å². The molecule has 1 atom stereocenters. The average Bonchev–Trinajstić information content (AvgIpc) is 2.95. The second-order valence-electron chi connectivity index (χ2n) is 6.55. The molecule has 4 amide bonds. The van der Waals surface area contributed by atoms with E-state index in [1.54, 1.807) is 0 Å². The summed E-state index contributed by atoms with van der Waals surface area (Å²) in [7, 11) is 0. The molecule has 0 saturated carbocycles. The summed E-state index contributed by atoms with van der Waals surface area (Å²) < 4.78 is 0. The summed E-state index contributed by atoms with van der Waals surface area (Å²) in [6.45, 7) is 1.77. The third-order valence-electron chi connectivity index (χ3n) is 4.62. The average molecular weight is 365 g/mol. The highest BCUT2D eigenvalue weighted by atomic mass is 16.2. The number of rotatable bonds is 7. The van der Waals surface area contributed by atoms with Gasteiger partial charge in [0, 0.05) is 5.69 Å². The Balaban J connectivity index is 1.53. The van der Waals surface area contributed by atoms with Crippen LogP contribution in [-0.4, -0.2) is 35.3 Å². The predicted molar refractivity (Wildman–Crippen MR) is 103 cm³/mol. The topological polar surface area (TPSA) is 78.5 Å². The van der Waals surface area contributed by atoms with Gasteiger partial charge < -0.3 is 10.6 Å². The van der Waals surface area contributed by atoms with Gasteiger partial charge in [-0.1, -0.05) is 49.4 Å². The molecule has 1 heterocycles. The number of aryl methyl sites for hydroxylation is 2. The fourth-order valence-corrected chi connectivity index (χ4v) is 3.05. The number of carbonyl (C=O) groups excluding carboxylic acids is 3. The molecule has 1 fully saturated rings. The zero-order valence-corrected chi connectivity index (χ0v) is 15.3. The Morgan fingerprint density at radius 1 is 1.04 bits per heavy atom. The molecule has 1 aliphatic heterocycles. The fourth-order valence-electron chi connectivity index (χ4n) is 3.05. The van der Waals surface area contributed by atoms with Crippen LogP contribution in [0.3, 0.4) is 0 Å². The largest absolute Gasteiger partial charge is 0.326 e. The lowest BCUT2D eigenvalue weighted by molar-refractivity contribution is -0.130. The minimum absolute atomic E-state index is 0.290. The summed E-state index contributed by atoms with van der Waals surface area (Å²) in [4.78, 5) is 37.8. The molecule has 0 aliphatic carbocycles. The number of hydrogen-bond donors (Lipinski definition) is 2. The number of amides is 4. The van der Waals surface area contributed by atoms with E-state index in [-0.39, 0.29) is 12.5 Å². The van der Waals surface area contributed by atoms with E-state index in [2.05, 4.69) is 17.6 Å². The Bertz CT molecular complexity index is 818. The van der Waals surface area contributed by atoms with Crippen LogP contribution in [0.2, 0.25) is 0 Å². The molecule has 140 valence electrons. The minimum Gasteiger partial charge on any atom is -0.326 e. The number of urea groups is 1. The lowest BCUT2D eigenvalue weighted by Crippen LogP contribution is -2.38. The van der Waals surface area contributed by atoms with Gasteiger partial charge in [-0.05, 0) is 42.5 Å². The van der Waals surface area contributed by atoms with Gasteiger partial charge >= 0.3 is 6.03 Å². The van der Waals surface area contributed by atoms with E-state index >= 15 is 0 Å². The first-order valence-corrected chi connectivity index (χ1v) is 9.11. The summed E-state index contributed by atoms with van der Waals surface area (Å²) in [5.41, 5.74) is 2.92. The summed E-state index contributed by atoms with van der Waals surface area (Å²) in [6.07, 6.45) is 2.10. The van der Waals surface area contributed by atoms with Crippen molar-refractivity contribution in [2.24, 2.45) is 0 Å². The highest BCUT2D eigenvalue weighted by Crippen LogP contribution is 2.14. The molecule has 0 aromatic heterocycles. The van der Waals surface area contributed by atoms with Crippen molar-refractivity contribution in [3.05, 3.63) is 65.7 Å². The van der Waals surface area contributed by atoms with Crippen molar-refractivity contribution in [1.29, 1.82) is 0 Å². The maximum atomic E-state index is 12.5. The molecule has 0 unspecified atom stereocenters. The summed E-state index contributed by atoms with van der Waals surface area (Å²) >= 11 is 0. The molecule has 6 heteroatoms. The predicted octanol–water partition coefficient (Wildman–Crippen LogP) is 2.74. The SMILES string of the molecule is CCc1ccc(NC(=O)CN2C(=O)N[C@@H](CCc3ccccc3)C2=O)cc1. The first-order valence-electron chi connectivity index (χ1n) is 9.11. The van der Waals surface area contributed by atoms with Gasteiger partial charge in [0.05, 0.1) is 0 Å². The number of nitrogens with one attached hydrogen (secondary N) is 2. The number of anilines is 1. The van der Waals surface area contributed by atoms with Crippen LogP contribution in [0.15, 0.2) is 54.6 Å². The van der Waals surface area contributed by atoms with Crippen LogP contribution in [0.25, 0.3) is 0 Å². The molecule has 1 saturated heterocycles. The van der Waals surface area contributed by atoms with Gasteiger partial charge in [-0.25, -0.2) is 4.79 Å². The molecular formula is C21H23N3O3. The van der Waals surface area contributed by atoms with Crippen LogP contribution in [0.4, 0.5) is 10.5 Å². The Morgan fingerprint density at radius 3 is 2.41 bits per heavy atom. The molecule has 2 aromatic rings. The maximum absolute atomic E-state index is 12.5. The van der Waals surface area contributed by atoms with Gasteiger partial charge in [0.15, 0.2) is 0 Å². The Kier molecular flexibility index (Phi) is 5.86. The van der Waals surface area contributed by atoms with E-state index in [1.165, 1.54) is 5.56 Å². The number of hydrogen-bond acceptors (Lipinski definition) is 3. The lowest BCUT2D eigenvalue weighted by Gasteiger charge is -2.13. The summed E-state index contributed by atoms with van der Waals surface area (Å²) in [5.74, 6) is -0.751. The summed E-state index contributed by atoms with van der Waals surface area (Å²) in [6, 6.07) is 16.2. The molecule has 0 bridgehead atoms. The van der Waals surface area contributed by atoms with Crippen LogP contribution in [0.5, 0.6) is 0 Å². The van der Waals surface area contributed by atoms with Crippen molar-refractivity contribution in [2.45, 2.75) is 32.2 Å². The Morgan fingerprint density at radius 2 is 1.74 bits per heavy atom. The lowest BCUT2D eigenvalue weighted by atomic mass is 10.1. The van der Waals surface area contributed by atoms with Gasteiger partial charge in [-0.2, -0.15) is 0 Å². The van der Waals surface area contributed by atoms with Gasteiger partial charge in [-0.15, -0.1) is 0 Å². The second-order valence-corrected chi connectivity index (χ2v) is 6.55. The van der Waals surface area contributed by atoms with Crippen LogP contribution in [-0.2, 0) is 22.4 Å². The normalized spacial score (nSPS) is 16.3. The van der Waals surface area contributed by atoms with Crippen molar-refractivity contribution < 1.29 is 14.4 Å². The quantitative estimate of drug-likeness (QED) is 0.741. The standard InChI is InChI=1S/C21H23N3O3/c1-2-15-8-11-17(12-9-15)22-19(25)14-24-20(26)18(23-21(24)27)13-10-16-6-4-3-5-7-16/h3-9,11-12,18H,2,10,13-14H2,1H3,(H,22,25)(H,23,27)/t18-/m0/s1. The van der Waals surface area contributed by atoms with E-state index in [0.29, 0.717) is 18.5 Å². The van der Waals surface area contributed by atoms with Crippen LogP contribution in [0, 0.1) is 0 Å². The summed E-state index contributed by atoms with van der Waals surface area (Å²) in [5, 5.41) is 5.39. The Labute approximate surface area is 158 Å². The molecule has 3 rings (SSSR count). The van der Waals surface area contributed by atoms with Gasteiger partial charge in [-0.3, -0.25) is 14.5 Å². The number of imide groups is 1. The first kappa shape index (κ1) is 18.6. The number of nitrogens with zero attached hydrogens (tertiary/aromatic N) is 1. The van der Waals surface area contributed by atoms with Gasteiger partial charge in [0.2, 0.25) is 5.91 Å². The molecule has 1 aliphatic rings. The van der Waals surface area contributed by atoms with Gasteiger partial charge in [0.25, 0.3) is 5.91 Å². The van der Waals surface area contributed by atoms with Crippen molar-refractivity contribution in [2.75, 3.05) is 11.9 Å². The minimum atomic E-state index is -0.589. The van der Waals surface area contributed by atoms with E-state index in [4.69, 9.17) is 0 Å². The van der Waals surface area contributed by atoms with Crippen molar-refractivity contribution >= 4 is 23.5 Å². The second kappa shape index (κ2) is 8.49. The monoisotopic (exact) mass is 365 g/mol. The zero-order chi connectivity index (χ0) is 19.2. The van der Waals surface area contributed by atoms with Crippen molar-refractivity contribution in [3.8, 4) is 0 Å². The molecule has 0 spiro atoms. The number of carbonyl (C=O) groups is 3. The zero-order valence-electron chi connectivity index (χ0n) is 15.3. The van der Waals surface area contributed by atoms with Gasteiger partial charge in [0.1, 0.15) is 12.6 Å². The van der Waals surface area contributed by atoms with Crippen molar-refractivity contribution in [1.82, 2.24) is 10.2 Å². The molecule has 6 nitrogen and oxygen atoms in total. The molecule has 0 radical (unpaired) electrons. The fraction of sp³-hybridized carbons (Fsp3) is 0.286. The van der Waals surface area contributed by atoms with E-state index in [0.717, 1.165) is 16.9 Å². The maximum Gasteiger partial charge on any atom is 0.325 e. The van der Waals surface area contributed by atoms with E-state index in [9.17, 15) is 14.4 Å². The first-order chi connectivity index (χ1) is 13.1. The third-order valence-corrected chi connectivity index (χ3v) is 4.62. The number of benzene rings is 2. The molecule has 2 N–H and O–H groups in total. The van der Waals surface area contributed by atoms with Crippen LogP contribution < -0.4 is 10.6 Å². The van der Waals surface area contributed by atoms with Crippen LogP contribution in [0.1, 0.15) is 24.5 Å². The molecule has 27 heavy (non-hydrogen) atoms. The van der Waals surface area contributed by atoms with E-state index < -0.39 is 18.0 Å².